The van der Waals surface area contributed by atoms with Gasteiger partial charge in [-0.05, 0) is 38.0 Å². The molecule has 2 rings (SSSR count). The number of carbonyl (C=O) groups is 2. The summed E-state index contributed by atoms with van der Waals surface area (Å²) >= 11 is 0. The predicted molar refractivity (Wildman–Crippen MR) is 81.2 cm³/mol. The van der Waals surface area contributed by atoms with Crippen molar-refractivity contribution < 1.29 is 14.7 Å². The Morgan fingerprint density at radius 1 is 1.19 bits per heavy atom. The summed E-state index contributed by atoms with van der Waals surface area (Å²) in [5.74, 6) is -0.249. The van der Waals surface area contributed by atoms with E-state index in [-0.39, 0.29) is 24.5 Å². The number of carboxylic acid groups (broad SMARTS) is 1. The fourth-order valence-electron chi connectivity index (χ4n) is 3.38. The molecule has 0 saturated heterocycles. The van der Waals surface area contributed by atoms with E-state index in [2.05, 4.69) is 12.2 Å². The van der Waals surface area contributed by atoms with E-state index >= 15 is 0 Å². The van der Waals surface area contributed by atoms with Gasteiger partial charge < -0.3 is 15.3 Å². The van der Waals surface area contributed by atoms with Crippen LogP contribution in [0.1, 0.15) is 64.7 Å². The normalized spacial score (nSPS) is 20.8. The lowest BCUT2D eigenvalue weighted by Crippen LogP contribution is -2.49. The Morgan fingerprint density at radius 2 is 1.86 bits per heavy atom. The summed E-state index contributed by atoms with van der Waals surface area (Å²) in [5.41, 5.74) is 0. The topological polar surface area (TPSA) is 69.6 Å². The number of amides is 2. The molecule has 5 heteroatoms. The van der Waals surface area contributed by atoms with Crippen molar-refractivity contribution in [1.82, 2.24) is 10.2 Å². The summed E-state index contributed by atoms with van der Waals surface area (Å²) in [5, 5.41) is 12.0. The standard InChI is InChI=1S/C16H28N2O3/c1-2-14(12-6-4-3-5-7-12)17-16(21)18(13-8-9-13)11-10-15(19)20/h12-14H,2-11H2,1H3,(H,17,21)(H,19,20). The maximum absolute atomic E-state index is 12.5. The van der Waals surface area contributed by atoms with Crippen LogP contribution in [0.3, 0.4) is 0 Å². The molecule has 2 aliphatic carbocycles. The number of urea groups is 1. The quantitative estimate of drug-likeness (QED) is 0.758. The number of carboxylic acids is 1. The molecule has 0 aromatic heterocycles. The molecule has 1 atom stereocenters. The van der Waals surface area contributed by atoms with Crippen LogP contribution in [0.2, 0.25) is 0 Å². The van der Waals surface area contributed by atoms with E-state index in [1.165, 1.54) is 32.1 Å². The largest absolute Gasteiger partial charge is 0.481 e. The Labute approximate surface area is 127 Å². The first-order chi connectivity index (χ1) is 10.1. The van der Waals surface area contributed by atoms with Crippen molar-refractivity contribution in [3.8, 4) is 0 Å². The van der Waals surface area contributed by atoms with Crippen LogP contribution >= 0.6 is 0 Å². The maximum atomic E-state index is 12.5. The fourth-order valence-corrected chi connectivity index (χ4v) is 3.38. The molecule has 2 aliphatic rings. The highest BCUT2D eigenvalue weighted by Crippen LogP contribution is 2.29. The molecule has 0 aromatic carbocycles. The van der Waals surface area contributed by atoms with Gasteiger partial charge in [0, 0.05) is 18.6 Å². The summed E-state index contributed by atoms with van der Waals surface area (Å²) in [6.07, 6.45) is 9.26. The first-order valence-corrected chi connectivity index (χ1v) is 8.40. The molecule has 0 aromatic rings. The third kappa shape index (κ3) is 4.90. The van der Waals surface area contributed by atoms with Gasteiger partial charge in [-0.25, -0.2) is 4.79 Å². The molecular weight excluding hydrogens is 268 g/mol. The smallest absolute Gasteiger partial charge is 0.317 e. The van der Waals surface area contributed by atoms with Crippen LogP contribution < -0.4 is 5.32 Å². The number of aliphatic carboxylic acids is 1. The van der Waals surface area contributed by atoms with Crippen LogP contribution in [0.15, 0.2) is 0 Å². The summed E-state index contributed by atoms with van der Waals surface area (Å²) in [6, 6.07) is 0.438. The molecule has 2 saturated carbocycles. The Morgan fingerprint density at radius 3 is 2.38 bits per heavy atom. The minimum atomic E-state index is -0.840. The van der Waals surface area contributed by atoms with Crippen molar-refractivity contribution in [2.24, 2.45) is 5.92 Å². The van der Waals surface area contributed by atoms with Crippen molar-refractivity contribution in [2.45, 2.75) is 76.8 Å². The number of hydrogen-bond acceptors (Lipinski definition) is 2. The van der Waals surface area contributed by atoms with Gasteiger partial charge in [0.1, 0.15) is 0 Å². The fraction of sp³-hybridized carbons (Fsp3) is 0.875. The van der Waals surface area contributed by atoms with Gasteiger partial charge in [0.05, 0.1) is 6.42 Å². The average molecular weight is 296 g/mol. The van der Waals surface area contributed by atoms with Crippen LogP contribution in [-0.2, 0) is 4.79 Å². The highest BCUT2D eigenvalue weighted by atomic mass is 16.4. The Kier molecular flexibility index (Phi) is 5.88. The maximum Gasteiger partial charge on any atom is 0.317 e. The second-order valence-corrected chi connectivity index (χ2v) is 6.43. The van der Waals surface area contributed by atoms with Crippen molar-refractivity contribution in [3.05, 3.63) is 0 Å². The summed E-state index contributed by atoms with van der Waals surface area (Å²) in [4.78, 5) is 24.9. The highest BCUT2D eigenvalue weighted by molar-refractivity contribution is 5.76. The third-order valence-electron chi connectivity index (χ3n) is 4.78. The molecule has 2 N–H and O–H groups in total. The third-order valence-corrected chi connectivity index (χ3v) is 4.78. The number of nitrogens with one attached hydrogen (secondary N) is 1. The molecule has 2 fully saturated rings. The molecule has 0 spiro atoms. The average Bonchev–Trinajstić information content (AvgIpc) is 3.30. The molecule has 0 radical (unpaired) electrons. The van der Waals surface area contributed by atoms with E-state index in [9.17, 15) is 9.59 Å². The minimum absolute atomic E-state index is 0.0319. The van der Waals surface area contributed by atoms with Gasteiger partial charge in [-0.1, -0.05) is 26.2 Å². The zero-order chi connectivity index (χ0) is 15.2. The minimum Gasteiger partial charge on any atom is -0.481 e. The van der Waals surface area contributed by atoms with E-state index < -0.39 is 5.97 Å². The van der Waals surface area contributed by atoms with Crippen LogP contribution in [0.5, 0.6) is 0 Å². The van der Waals surface area contributed by atoms with Gasteiger partial charge in [-0.15, -0.1) is 0 Å². The van der Waals surface area contributed by atoms with Crippen molar-refractivity contribution in [3.63, 3.8) is 0 Å². The van der Waals surface area contributed by atoms with Gasteiger partial charge >= 0.3 is 12.0 Å². The molecule has 0 aliphatic heterocycles. The van der Waals surface area contributed by atoms with Gasteiger partial charge in [0.2, 0.25) is 0 Å². The number of hydrogen-bond donors (Lipinski definition) is 2. The zero-order valence-electron chi connectivity index (χ0n) is 13.0. The molecule has 5 nitrogen and oxygen atoms in total. The monoisotopic (exact) mass is 296 g/mol. The molecular formula is C16H28N2O3. The summed E-state index contributed by atoms with van der Waals surface area (Å²) in [6.45, 7) is 2.45. The molecule has 21 heavy (non-hydrogen) atoms. The lowest BCUT2D eigenvalue weighted by Gasteiger charge is -2.32. The number of carbonyl (C=O) groups excluding carboxylic acids is 1. The van der Waals surface area contributed by atoms with E-state index in [0.717, 1.165) is 19.3 Å². The van der Waals surface area contributed by atoms with Crippen LogP contribution in [-0.4, -0.2) is 40.6 Å². The Bertz CT molecular complexity index is 363. The summed E-state index contributed by atoms with van der Waals surface area (Å²) < 4.78 is 0. The lowest BCUT2D eigenvalue weighted by atomic mass is 9.83. The van der Waals surface area contributed by atoms with E-state index in [4.69, 9.17) is 5.11 Å². The van der Waals surface area contributed by atoms with E-state index in [0.29, 0.717) is 12.5 Å². The Balaban J connectivity index is 1.87. The predicted octanol–water partition coefficient (Wildman–Crippen LogP) is 2.99. The van der Waals surface area contributed by atoms with Gasteiger partial charge in [-0.2, -0.15) is 0 Å². The van der Waals surface area contributed by atoms with E-state index in [1.54, 1.807) is 4.90 Å². The van der Waals surface area contributed by atoms with E-state index in [1.807, 2.05) is 0 Å². The van der Waals surface area contributed by atoms with Gasteiger partial charge in [0.25, 0.3) is 0 Å². The number of nitrogens with zero attached hydrogens (tertiary/aromatic N) is 1. The van der Waals surface area contributed by atoms with Crippen molar-refractivity contribution in [2.75, 3.05) is 6.54 Å². The summed E-state index contributed by atoms with van der Waals surface area (Å²) in [7, 11) is 0. The first-order valence-electron chi connectivity index (χ1n) is 8.40. The zero-order valence-corrected chi connectivity index (χ0v) is 13.0. The molecule has 0 heterocycles. The highest BCUT2D eigenvalue weighted by Gasteiger charge is 2.34. The molecule has 120 valence electrons. The van der Waals surface area contributed by atoms with Crippen LogP contribution in [0, 0.1) is 5.92 Å². The van der Waals surface area contributed by atoms with Crippen LogP contribution in [0.4, 0.5) is 4.79 Å². The molecule has 0 bridgehead atoms. The van der Waals surface area contributed by atoms with Crippen molar-refractivity contribution >= 4 is 12.0 Å². The Hall–Kier alpha value is -1.26. The van der Waals surface area contributed by atoms with Gasteiger partial charge in [0.15, 0.2) is 0 Å². The number of rotatable bonds is 7. The molecule has 1 unspecified atom stereocenters. The second kappa shape index (κ2) is 7.66. The van der Waals surface area contributed by atoms with Gasteiger partial charge in [-0.3, -0.25) is 4.79 Å². The van der Waals surface area contributed by atoms with Crippen LogP contribution in [0.25, 0.3) is 0 Å². The van der Waals surface area contributed by atoms with Crippen molar-refractivity contribution in [1.29, 1.82) is 0 Å². The molecule has 2 amide bonds. The second-order valence-electron chi connectivity index (χ2n) is 6.43. The first kappa shape index (κ1) is 16.1. The SMILES string of the molecule is CCC(NC(=O)N(CCC(=O)O)C1CC1)C1CCCCC1. The lowest BCUT2D eigenvalue weighted by molar-refractivity contribution is -0.137.